The van der Waals surface area contributed by atoms with Crippen molar-refractivity contribution in [1.82, 2.24) is 0 Å². The van der Waals surface area contributed by atoms with Crippen LogP contribution in [0.3, 0.4) is 0 Å². The highest BCUT2D eigenvalue weighted by atomic mass is 35.5. The molecule has 1 atom stereocenters. The Morgan fingerprint density at radius 1 is 0.900 bits per heavy atom. The molecular weight excluding hydrogens is 266 g/mol. The van der Waals surface area contributed by atoms with Crippen LogP contribution in [0.15, 0.2) is 48.5 Å². The predicted molar refractivity (Wildman–Crippen MR) is 87.5 cm³/mol. The van der Waals surface area contributed by atoms with Crippen molar-refractivity contribution in [2.45, 2.75) is 32.1 Å². The lowest BCUT2D eigenvalue weighted by Crippen LogP contribution is -2.15. The average Bonchev–Trinajstić information content (AvgIpc) is 2.46. The molecule has 2 N–H and O–H groups in total. The van der Waals surface area contributed by atoms with Gasteiger partial charge in [-0.3, -0.25) is 0 Å². The Morgan fingerprint density at radius 3 is 1.95 bits per heavy atom. The second-order valence-electron chi connectivity index (χ2n) is 5.58. The van der Waals surface area contributed by atoms with E-state index in [1.54, 1.807) is 0 Å². The summed E-state index contributed by atoms with van der Waals surface area (Å²) in [5.41, 5.74) is 9.90. The molecule has 1 unspecified atom stereocenters. The van der Waals surface area contributed by atoms with Crippen LogP contribution in [0.1, 0.15) is 42.4 Å². The molecule has 0 heterocycles. The summed E-state index contributed by atoms with van der Waals surface area (Å²) in [5.74, 6) is 0.919. The topological polar surface area (TPSA) is 26.0 Å². The number of hydrogen-bond acceptors (Lipinski definition) is 1. The molecule has 2 rings (SSSR count). The summed E-state index contributed by atoms with van der Waals surface area (Å²) in [6, 6.07) is 16.9. The van der Waals surface area contributed by atoms with Crippen LogP contribution in [0.5, 0.6) is 0 Å². The zero-order valence-corrected chi connectivity index (χ0v) is 12.9. The van der Waals surface area contributed by atoms with Crippen molar-refractivity contribution >= 4 is 11.6 Å². The van der Waals surface area contributed by atoms with E-state index in [9.17, 15) is 0 Å². The molecule has 0 saturated carbocycles. The summed E-state index contributed by atoms with van der Waals surface area (Å²) in [4.78, 5) is 0. The van der Waals surface area contributed by atoms with Gasteiger partial charge in [0.2, 0.25) is 0 Å². The van der Waals surface area contributed by atoms with Crippen molar-refractivity contribution < 1.29 is 0 Å². The van der Waals surface area contributed by atoms with Gasteiger partial charge >= 0.3 is 0 Å². The Morgan fingerprint density at radius 2 is 1.45 bits per heavy atom. The average molecular weight is 288 g/mol. The van der Waals surface area contributed by atoms with Gasteiger partial charge in [-0.05, 0) is 47.7 Å². The van der Waals surface area contributed by atoms with Gasteiger partial charge in [0.05, 0.1) is 0 Å². The highest BCUT2D eigenvalue weighted by molar-refractivity contribution is 6.30. The van der Waals surface area contributed by atoms with Crippen LogP contribution in [0.2, 0.25) is 5.02 Å². The first kappa shape index (κ1) is 15.1. The third-order valence-electron chi connectivity index (χ3n) is 3.75. The quantitative estimate of drug-likeness (QED) is 0.844. The summed E-state index contributed by atoms with van der Waals surface area (Å²) >= 11 is 5.94. The van der Waals surface area contributed by atoms with Gasteiger partial charge in [0, 0.05) is 10.9 Å². The second kappa shape index (κ2) is 6.92. The molecule has 0 aliphatic carbocycles. The first-order chi connectivity index (χ1) is 9.60. The van der Waals surface area contributed by atoms with Crippen molar-refractivity contribution in [3.8, 4) is 0 Å². The Labute approximate surface area is 126 Å². The van der Waals surface area contributed by atoms with E-state index in [4.69, 9.17) is 17.3 Å². The van der Waals surface area contributed by atoms with E-state index in [0.717, 1.165) is 11.4 Å². The van der Waals surface area contributed by atoms with Crippen molar-refractivity contribution in [3.63, 3.8) is 0 Å². The Bertz CT molecular complexity index is 528. The molecule has 0 spiro atoms. The summed E-state index contributed by atoms with van der Waals surface area (Å²) < 4.78 is 0. The van der Waals surface area contributed by atoms with Gasteiger partial charge in [0.25, 0.3) is 0 Å². The van der Waals surface area contributed by atoms with E-state index in [0.29, 0.717) is 18.4 Å². The number of hydrogen-bond donors (Lipinski definition) is 1. The number of benzene rings is 2. The monoisotopic (exact) mass is 287 g/mol. The highest BCUT2D eigenvalue weighted by Gasteiger charge is 2.11. The van der Waals surface area contributed by atoms with E-state index in [-0.39, 0.29) is 0 Å². The van der Waals surface area contributed by atoms with Crippen molar-refractivity contribution in [2.24, 2.45) is 5.73 Å². The van der Waals surface area contributed by atoms with Crippen LogP contribution >= 0.6 is 11.6 Å². The summed E-state index contributed by atoms with van der Waals surface area (Å²) in [7, 11) is 0. The lowest BCUT2D eigenvalue weighted by atomic mass is 9.91. The first-order valence-electron chi connectivity index (χ1n) is 7.14. The predicted octanol–water partition coefficient (Wildman–Crippen LogP) is 4.75. The second-order valence-corrected chi connectivity index (χ2v) is 6.02. The zero-order valence-electron chi connectivity index (χ0n) is 12.1. The molecule has 2 aromatic carbocycles. The van der Waals surface area contributed by atoms with Gasteiger partial charge in [-0.15, -0.1) is 0 Å². The molecular formula is C18H22ClN. The molecule has 0 aliphatic rings. The van der Waals surface area contributed by atoms with Gasteiger partial charge in [0.15, 0.2) is 0 Å². The fraction of sp³-hybridized carbons (Fsp3) is 0.333. The maximum atomic E-state index is 5.94. The maximum absolute atomic E-state index is 5.94. The number of rotatable bonds is 5. The molecule has 106 valence electrons. The largest absolute Gasteiger partial charge is 0.330 e. The van der Waals surface area contributed by atoms with Gasteiger partial charge in [-0.1, -0.05) is 61.8 Å². The fourth-order valence-corrected chi connectivity index (χ4v) is 2.52. The lowest BCUT2D eigenvalue weighted by molar-refractivity contribution is 0.694. The zero-order chi connectivity index (χ0) is 14.5. The molecule has 0 amide bonds. The molecule has 2 heteroatoms. The van der Waals surface area contributed by atoms with Crippen LogP contribution in [-0.2, 0) is 6.42 Å². The normalized spacial score (nSPS) is 12.7. The minimum absolute atomic E-state index is 0.345. The van der Waals surface area contributed by atoms with Gasteiger partial charge in [-0.2, -0.15) is 0 Å². The molecule has 1 nitrogen and oxygen atoms in total. The standard InChI is InChI=1S/C18H22ClN/c1-13(2)15-5-3-14(4-6-15)11-17(12-20)16-7-9-18(19)10-8-16/h3-10,13,17H,11-12,20H2,1-2H3. The first-order valence-corrected chi connectivity index (χ1v) is 7.52. The number of halogens is 1. The van der Waals surface area contributed by atoms with E-state index in [1.807, 2.05) is 12.1 Å². The molecule has 20 heavy (non-hydrogen) atoms. The van der Waals surface area contributed by atoms with Crippen molar-refractivity contribution in [3.05, 3.63) is 70.2 Å². The third-order valence-corrected chi connectivity index (χ3v) is 4.01. The minimum atomic E-state index is 0.345. The third kappa shape index (κ3) is 3.84. The SMILES string of the molecule is CC(C)c1ccc(CC(CN)c2ccc(Cl)cc2)cc1. The van der Waals surface area contributed by atoms with Crippen LogP contribution in [0.25, 0.3) is 0 Å². The molecule has 0 aromatic heterocycles. The molecule has 2 aromatic rings. The Kier molecular flexibility index (Phi) is 5.22. The molecule has 0 saturated heterocycles. The molecule has 0 aliphatic heterocycles. The Hall–Kier alpha value is -1.31. The lowest BCUT2D eigenvalue weighted by Gasteiger charge is -2.16. The minimum Gasteiger partial charge on any atom is -0.330 e. The van der Waals surface area contributed by atoms with Gasteiger partial charge in [-0.25, -0.2) is 0 Å². The van der Waals surface area contributed by atoms with Crippen molar-refractivity contribution in [1.29, 1.82) is 0 Å². The van der Waals surface area contributed by atoms with Crippen LogP contribution < -0.4 is 5.73 Å². The Balaban J connectivity index is 2.11. The summed E-state index contributed by atoms with van der Waals surface area (Å²) in [6.45, 7) is 5.07. The summed E-state index contributed by atoms with van der Waals surface area (Å²) in [6.07, 6.45) is 0.969. The molecule has 0 bridgehead atoms. The van der Waals surface area contributed by atoms with Crippen LogP contribution in [-0.4, -0.2) is 6.54 Å². The van der Waals surface area contributed by atoms with Gasteiger partial charge in [0.1, 0.15) is 0 Å². The van der Waals surface area contributed by atoms with E-state index >= 15 is 0 Å². The van der Waals surface area contributed by atoms with E-state index in [2.05, 4.69) is 50.2 Å². The van der Waals surface area contributed by atoms with E-state index < -0.39 is 0 Å². The van der Waals surface area contributed by atoms with Gasteiger partial charge < -0.3 is 5.73 Å². The number of nitrogens with two attached hydrogens (primary N) is 1. The maximum Gasteiger partial charge on any atom is 0.0406 e. The fourth-order valence-electron chi connectivity index (χ4n) is 2.40. The smallest absolute Gasteiger partial charge is 0.0406 e. The van der Waals surface area contributed by atoms with Crippen molar-refractivity contribution in [2.75, 3.05) is 6.54 Å². The molecule has 0 radical (unpaired) electrons. The van der Waals surface area contributed by atoms with Crippen LogP contribution in [0, 0.1) is 0 Å². The molecule has 0 fully saturated rings. The van der Waals surface area contributed by atoms with E-state index in [1.165, 1.54) is 16.7 Å². The highest BCUT2D eigenvalue weighted by Crippen LogP contribution is 2.23. The van der Waals surface area contributed by atoms with Crippen LogP contribution in [0.4, 0.5) is 0 Å². The summed E-state index contributed by atoms with van der Waals surface area (Å²) in [5, 5.41) is 0.769.